The van der Waals surface area contributed by atoms with E-state index in [0.29, 0.717) is 28.5 Å². The molecular weight excluding hydrogens is 323 g/mol. The molecule has 0 aliphatic rings. The molecule has 2 heterocycles. The van der Waals surface area contributed by atoms with E-state index < -0.39 is 0 Å². The van der Waals surface area contributed by atoms with Crippen molar-refractivity contribution in [2.75, 3.05) is 7.11 Å². The Hall–Kier alpha value is -3.28. The minimum atomic E-state index is -0.364. The molecule has 0 atom stereocenters. The number of phenols is 1. The van der Waals surface area contributed by atoms with Gasteiger partial charge in [0.15, 0.2) is 5.75 Å². The van der Waals surface area contributed by atoms with Crippen LogP contribution in [0.4, 0.5) is 4.39 Å². The van der Waals surface area contributed by atoms with Gasteiger partial charge in [-0.3, -0.25) is 4.79 Å². The molecule has 0 unspecified atom stereocenters. The van der Waals surface area contributed by atoms with Crippen LogP contribution in [-0.2, 0) is 6.42 Å². The van der Waals surface area contributed by atoms with Gasteiger partial charge in [-0.15, -0.1) is 0 Å². The van der Waals surface area contributed by atoms with Crippen LogP contribution in [0.2, 0.25) is 0 Å². The van der Waals surface area contributed by atoms with Gasteiger partial charge < -0.3 is 19.8 Å². The van der Waals surface area contributed by atoms with E-state index in [9.17, 15) is 14.3 Å². The molecule has 4 aromatic rings. The molecule has 0 amide bonds. The predicted octanol–water partition coefficient (Wildman–Crippen LogP) is 3.45. The second-order valence-corrected chi connectivity index (χ2v) is 5.89. The molecule has 0 spiro atoms. The summed E-state index contributed by atoms with van der Waals surface area (Å²) in [5.74, 6) is 0.123. The first kappa shape index (κ1) is 15.3. The minimum Gasteiger partial charge on any atom is -0.506 e. The summed E-state index contributed by atoms with van der Waals surface area (Å²) in [5, 5.41) is 11.8. The zero-order valence-corrected chi connectivity index (χ0v) is 13.4. The van der Waals surface area contributed by atoms with E-state index in [-0.39, 0.29) is 22.5 Å². The van der Waals surface area contributed by atoms with Gasteiger partial charge in [-0.2, -0.15) is 0 Å². The maximum absolute atomic E-state index is 13.0. The number of hydrogen-bond donors (Lipinski definition) is 3. The smallest absolute Gasteiger partial charge is 0.259 e. The standard InChI is InChI=1S/C19H15FN2O3/c1-25-18-14-9-22-19(24)15(14)17(23)13-7-11(8-21-16(13)18)6-10-2-4-12(20)5-3-10/h2-5,7-9,21,23H,6H2,1H3,(H,22,24). The monoisotopic (exact) mass is 338 g/mol. The van der Waals surface area contributed by atoms with Crippen LogP contribution < -0.4 is 10.3 Å². The zero-order chi connectivity index (χ0) is 17.6. The number of nitrogens with one attached hydrogen (secondary N) is 2. The fourth-order valence-electron chi connectivity index (χ4n) is 3.16. The average Bonchev–Trinajstić information content (AvgIpc) is 3.00. The third-order valence-corrected chi connectivity index (χ3v) is 4.33. The third-order valence-electron chi connectivity index (χ3n) is 4.33. The van der Waals surface area contributed by atoms with Crippen molar-refractivity contribution in [3.05, 3.63) is 70.0 Å². The van der Waals surface area contributed by atoms with Gasteiger partial charge in [-0.25, -0.2) is 4.39 Å². The second kappa shape index (κ2) is 5.66. The lowest BCUT2D eigenvalue weighted by atomic mass is 10.0. The molecule has 6 heteroatoms. The van der Waals surface area contributed by atoms with E-state index in [0.717, 1.165) is 11.1 Å². The molecule has 25 heavy (non-hydrogen) atoms. The molecule has 3 N–H and O–H groups in total. The van der Waals surface area contributed by atoms with Gasteiger partial charge in [0.05, 0.1) is 23.4 Å². The summed E-state index contributed by atoms with van der Waals surface area (Å²) in [4.78, 5) is 17.7. The number of fused-ring (bicyclic) bond motifs is 2. The number of aromatic nitrogens is 2. The Labute approximate surface area is 141 Å². The maximum atomic E-state index is 13.0. The van der Waals surface area contributed by atoms with Crippen molar-refractivity contribution in [1.82, 2.24) is 9.97 Å². The van der Waals surface area contributed by atoms with Crippen LogP contribution in [0.3, 0.4) is 0 Å². The van der Waals surface area contributed by atoms with Gasteiger partial charge in [0.1, 0.15) is 11.6 Å². The van der Waals surface area contributed by atoms with Crippen LogP contribution in [0.25, 0.3) is 21.7 Å². The first-order chi connectivity index (χ1) is 12.1. The van der Waals surface area contributed by atoms with Crippen LogP contribution in [0.15, 0.2) is 47.5 Å². The number of ether oxygens (including phenoxy) is 1. The number of methoxy groups -OCH3 is 1. The highest BCUT2D eigenvalue weighted by molar-refractivity contribution is 6.09. The van der Waals surface area contributed by atoms with Crippen LogP contribution in [0.1, 0.15) is 11.1 Å². The topological polar surface area (TPSA) is 78.1 Å². The highest BCUT2D eigenvalue weighted by Gasteiger charge is 2.18. The largest absolute Gasteiger partial charge is 0.506 e. The molecule has 0 saturated heterocycles. The lowest BCUT2D eigenvalue weighted by molar-refractivity contribution is 0.423. The average molecular weight is 338 g/mol. The van der Waals surface area contributed by atoms with E-state index >= 15 is 0 Å². The van der Waals surface area contributed by atoms with Crippen LogP contribution in [0, 0.1) is 5.82 Å². The molecule has 0 bridgehead atoms. The Morgan fingerprint density at radius 1 is 1.08 bits per heavy atom. The van der Waals surface area contributed by atoms with Crippen molar-refractivity contribution in [1.29, 1.82) is 0 Å². The van der Waals surface area contributed by atoms with Crippen molar-refractivity contribution in [2.24, 2.45) is 0 Å². The van der Waals surface area contributed by atoms with Gasteiger partial charge in [0, 0.05) is 17.8 Å². The molecule has 0 fully saturated rings. The van der Waals surface area contributed by atoms with Gasteiger partial charge in [0.2, 0.25) is 0 Å². The Morgan fingerprint density at radius 3 is 2.56 bits per heavy atom. The molecule has 0 aliphatic heterocycles. The molecule has 2 aromatic heterocycles. The molecule has 0 aliphatic carbocycles. The molecule has 126 valence electrons. The molecule has 5 nitrogen and oxygen atoms in total. The first-order valence-corrected chi connectivity index (χ1v) is 7.74. The summed E-state index contributed by atoms with van der Waals surface area (Å²) in [6, 6.07) is 8.05. The number of pyridine rings is 1. The zero-order valence-electron chi connectivity index (χ0n) is 13.4. The first-order valence-electron chi connectivity index (χ1n) is 7.74. The Bertz CT molecular complexity index is 1140. The summed E-state index contributed by atoms with van der Waals surface area (Å²) in [5.41, 5.74) is 2.07. The minimum absolute atomic E-state index is 0.0887. The molecular formula is C19H15FN2O3. The van der Waals surface area contributed by atoms with Crippen molar-refractivity contribution in [3.63, 3.8) is 0 Å². The number of phenolic OH excluding ortho intramolecular Hbond substituents is 1. The summed E-state index contributed by atoms with van der Waals surface area (Å²) >= 11 is 0. The lowest BCUT2D eigenvalue weighted by Crippen LogP contribution is -1.99. The summed E-state index contributed by atoms with van der Waals surface area (Å²) in [7, 11) is 1.52. The molecule has 0 saturated carbocycles. The van der Waals surface area contributed by atoms with E-state index in [1.807, 2.05) is 6.20 Å². The number of halogens is 1. The summed E-state index contributed by atoms with van der Waals surface area (Å²) in [6.07, 6.45) is 3.89. The number of aromatic hydroxyl groups is 1. The Balaban J connectivity index is 1.91. The Morgan fingerprint density at radius 2 is 1.84 bits per heavy atom. The van der Waals surface area contributed by atoms with Crippen LogP contribution >= 0.6 is 0 Å². The number of aromatic amines is 2. The normalized spacial score (nSPS) is 11.3. The van der Waals surface area contributed by atoms with E-state index in [4.69, 9.17) is 4.74 Å². The van der Waals surface area contributed by atoms with Crippen molar-refractivity contribution in [3.8, 4) is 11.5 Å². The van der Waals surface area contributed by atoms with Crippen molar-refractivity contribution >= 4 is 21.7 Å². The van der Waals surface area contributed by atoms with E-state index in [2.05, 4.69) is 9.97 Å². The number of rotatable bonds is 3. The number of hydrogen-bond acceptors (Lipinski definition) is 3. The van der Waals surface area contributed by atoms with Crippen LogP contribution in [0.5, 0.6) is 11.5 Å². The predicted molar refractivity (Wildman–Crippen MR) is 93.8 cm³/mol. The van der Waals surface area contributed by atoms with Crippen molar-refractivity contribution in [2.45, 2.75) is 6.42 Å². The Kier molecular flexibility index (Phi) is 3.46. The summed E-state index contributed by atoms with van der Waals surface area (Å²) in [6.45, 7) is 0. The summed E-state index contributed by atoms with van der Waals surface area (Å²) < 4.78 is 18.5. The SMILES string of the molecule is COc1c2c[nH]c(=O)c2c(O)c2cc(Cc3ccc(F)cc3)c[nH]c12. The highest BCUT2D eigenvalue weighted by atomic mass is 19.1. The molecule has 2 aromatic carbocycles. The second-order valence-electron chi connectivity index (χ2n) is 5.89. The van der Waals surface area contributed by atoms with Gasteiger partial charge in [-0.1, -0.05) is 12.1 Å². The van der Waals surface area contributed by atoms with E-state index in [1.54, 1.807) is 18.2 Å². The quantitative estimate of drug-likeness (QED) is 0.535. The number of benzene rings is 2. The fraction of sp³-hybridized carbons (Fsp3) is 0.105. The van der Waals surface area contributed by atoms with Crippen LogP contribution in [-0.4, -0.2) is 22.2 Å². The maximum Gasteiger partial charge on any atom is 0.259 e. The molecule has 4 rings (SSSR count). The van der Waals surface area contributed by atoms with Gasteiger partial charge >= 0.3 is 0 Å². The fourth-order valence-corrected chi connectivity index (χ4v) is 3.16. The van der Waals surface area contributed by atoms with Crippen molar-refractivity contribution < 1.29 is 14.2 Å². The van der Waals surface area contributed by atoms with Gasteiger partial charge in [0.25, 0.3) is 5.56 Å². The highest BCUT2D eigenvalue weighted by Crippen LogP contribution is 2.39. The number of H-pyrrole nitrogens is 2. The van der Waals surface area contributed by atoms with E-state index in [1.165, 1.54) is 25.4 Å². The third kappa shape index (κ3) is 2.42. The molecule has 0 radical (unpaired) electrons. The lowest BCUT2D eigenvalue weighted by Gasteiger charge is -2.11. The van der Waals surface area contributed by atoms with Gasteiger partial charge in [-0.05, 0) is 35.7 Å².